The van der Waals surface area contributed by atoms with Crippen LogP contribution in [0.1, 0.15) is 17.8 Å². The molecule has 1 aliphatic rings. The smallest absolute Gasteiger partial charge is 0.271 e. The number of amides is 2. The van der Waals surface area contributed by atoms with Crippen LogP contribution in [0.3, 0.4) is 0 Å². The molecule has 7 heteroatoms. The normalized spacial score (nSPS) is 14.0. The molecule has 0 spiro atoms. The molecule has 28 heavy (non-hydrogen) atoms. The van der Waals surface area contributed by atoms with Crippen LogP contribution < -0.4 is 10.3 Å². The van der Waals surface area contributed by atoms with Gasteiger partial charge in [-0.1, -0.05) is 30.3 Å². The molecule has 0 radical (unpaired) electrons. The van der Waals surface area contributed by atoms with Crippen LogP contribution in [0.15, 0.2) is 65.1 Å². The minimum Gasteiger partial charge on any atom is -0.321 e. The molecule has 1 aliphatic heterocycles. The Labute approximate surface area is 166 Å². The topological polar surface area (TPSA) is 74.7 Å². The number of carbonyl (C=O) groups excluding carboxylic acids is 2. The molecule has 2 amide bonds. The predicted octanol–water partition coefficient (Wildman–Crippen LogP) is 4.24. The molecule has 0 fully saturated rings. The van der Waals surface area contributed by atoms with E-state index in [1.54, 1.807) is 23.5 Å². The van der Waals surface area contributed by atoms with Crippen molar-refractivity contribution in [1.29, 1.82) is 0 Å². The first-order chi connectivity index (χ1) is 13.6. The number of hydrogen-bond donors (Lipinski definition) is 1. The van der Waals surface area contributed by atoms with Crippen molar-refractivity contribution in [2.75, 3.05) is 10.3 Å². The number of carbonyl (C=O) groups is 2. The lowest BCUT2D eigenvalue weighted by Gasteiger charge is -2.23. The van der Waals surface area contributed by atoms with Gasteiger partial charge in [-0.3, -0.25) is 9.59 Å². The maximum absolute atomic E-state index is 12.6. The summed E-state index contributed by atoms with van der Waals surface area (Å²) < 4.78 is 0. The van der Waals surface area contributed by atoms with Crippen LogP contribution >= 0.6 is 11.3 Å². The van der Waals surface area contributed by atoms with Crippen LogP contribution in [0, 0.1) is 6.92 Å². The van der Waals surface area contributed by atoms with E-state index in [9.17, 15) is 9.59 Å². The summed E-state index contributed by atoms with van der Waals surface area (Å²) in [6, 6.07) is 16.6. The van der Waals surface area contributed by atoms with Crippen LogP contribution in [-0.2, 0) is 9.59 Å². The van der Waals surface area contributed by atoms with Crippen LogP contribution in [0.4, 0.5) is 11.4 Å². The van der Waals surface area contributed by atoms with Crippen LogP contribution in [0.25, 0.3) is 11.3 Å². The number of para-hydroxylation sites is 1. The van der Waals surface area contributed by atoms with E-state index in [0.29, 0.717) is 23.5 Å². The predicted molar refractivity (Wildman–Crippen MR) is 112 cm³/mol. The third kappa shape index (κ3) is 3.84. The number of nitrogens with one attached hydrogen (secondary N) is 1. The molecule has 0 atom stereocenters. The third-order valence-corrected chi connectivity index (χ3v) is 5.13. The SMILES string of the molecule is Cc1nc(-c2ccc(NC(=O)C3=NN(c4ccccc4)C(=O)CC3)cc2)cs1. The Morgan fingerprint density at radius 1 is 1.07 bits per heavy atom. The molecule has 2 aromatic carbocycles. The first-order valence-corrected chi connectivity index (χ1v) is 9.77. The molecule has 1 aromatic heterocycles. The van der Waals surface area contributed by atoms with Crippen molar-refractivity contribution in [3.8, 4) is 11.3 Å². The van der Waals surface area contributed by atoms with E-state index in [1.165, 1.54) is 5.01 Å². The number of nitrogens with zero attached hydrogens (tertiary/aromatic N) is 3. The van der Waals surface area contributed by atoms with Gasteiger partial charge in [0, 0.05) is 29.5 Å². The Balaban J connectivity index is 1.49. The highest BCUT2D eigenvalue weighted by atomic mass is 32.1. The molecule has 0 saturated carbocycles. The highest BCUT2D eigenvalue weighted by molar-refractivity contribution is 7.09. The van der Waals surface area contributed by atoms with Gasteiger partial charge < -0.3 is 5.32 Å². The van der Waals surface area contributed by atoms with Crippen LogP contribution in [0.5, 0.6) is 0 Å². The fourth-order valence-corrected chi connectivity index (χ4v) is 3.53. The molecule has 6 nitrogen and oxygen atoms in total. The number of anilines is 2. The van der Waals surface area contributed by atoms with Gasteiger partial charge in [-0.25, -0.2) is 9.99 Å². The Kier molecular flexibility index (Phi) is 4.99. The van der Waals surface area contributed by atoms with E-state index in [2.05, 4.69) is 15.4 Å². The standard InChI is InChI=1S/C21H18N4O2S/c1-14-22-19(13-28-14)15-7-9-16(10-8-15)23-21(27)18-11-12-20(26)25(24-18)17-5-3-2-4-6-17/h2-10,13H,11-12H2,1H3,(H,23,27). The first kappa shape index (κ1) is 18.1. The summed E-state index contributed by atoms with van der Waals surface area (Å²) in [7, 11) is 0. The van der Waals surface area contributed by atoms with E-state index in [0.717, 1.165) is 16.3 Å². The number of hydrazone groups is 1. The summed E-state index contributed by atoms with van der Waals surface area (Å²) in [5.74, 6) is -0.420. The lowest BCUT2D eigenvalue weighted by molar-refractivity contribution is -0.118. The minimum atomic E-state index is -0.300. The van der Waals surface area contributed by atoms with Gasteiger partial charge in [0.05, 0.1) is 16.4 Å². The summed E-state index contributed by atoms with van der Waals surface area (Å²) >= 11 is 1.60. The molecule has 0 aliphatic carbocycles. The van der Waals surface area contributed by atoms with Crippen molar-refractivity contribution >= 4 is 40.2 Å². The number of hydrogen-bond acceptors (Lipinski definition) is 5. The van der Waals surface area contributed by atoms with Gasteiger partial charge in [0.2, 0.25) is 5.91 Å². The highest BCUT2D eigenvalue weighted by Gasteiger charge is 2.25. The summed E-state index contributed by atoms with van der Waals surface area (Å²) in [5, 5.41) is 11.5. The molecule has 1 N–H and O–H groups in total. The summed E-state index contributed by atoms with van der Waals surface area (Å²) in [4.78, 5) is 29.3. The zero-order chi connectivity index (χ0) is 19.5. The largest absolute Gasteiger partial charge is 0.321 e. The number of thiazole rings is 1. The Morgan fingerprint density at radius 2 is 1.82 bits per heavy atom. The number of benzene rings is 2. The van der Waals surface area contributed by atoms with Crippen molar-refractivity contribution in [2.24, 2.45) is 5.10 Å². The molecule has 140 valence electrons. The number of aryl methyl sites for hydroxylation is 1. The van der Waals surface area contributed by atoms with Gasteiger partial charge in [-0.15, -0.1) is 11.3 Å². The molecule has 2 heterocycles. The summed E-state index contributed by atoms with van der Waals surface area (Å²) in [6.45, 7) is 1.97. The average molecular weight is 390 g/mol. The van der Waals surface area contributed by atoms with Gasteiger partial charge in [0.1, 0.15) is 5.71 Å². The Bertz CT molecular complexity index is 1040. The molecule has 4 rings (SSSR count). The maximum Gasteiger partial charge on any atom is 0.271 e. The molecule has 0 unspecified atom stereocenters. The first-order valence-electron chi connectivity index (χ1n) is 8.89. The van der Waals surface area contributed by atoms with Gasteiger partial charge in [-0.2, -0.15) is 5.10 Å². The van der Waals surface area contributed by atoms with Crippen molar-refractivity contribution in [3.05, 3.63) is 65.0 Å². The van der Waals surface area contributed by atoms with E-state index >= 15 is 0 Å². The number of rotatable bonds is 4. The van der Waals surface area contributed by atoms with E-state index in [-0.39, 0.29) is 18.2 Å². The molecular weight excluding hydrogens is 372 g/mol. The third-order valence-electron chi connectivity index (χ3n) is 4.35. The fraction of sp³-hybridized carbons (Fsp3) is 0.143. The molecule has 0 bridgehead atoms. The highest BCUT2D eigenvalue weighted by Crippen LogP contribution is 2.24. The summed E-state index contributed by atoms with van der Waals surface area (Å²) in [6.07, 6.45) is 0.577. The second kappa shape index (κ2) is 7.74. The van der Waals surface area contributed by atoms with Crippen molar-refractivity contribution in [2.45, 2.75) is 19.8 Å². The van der Waals surface area contributed by atoms with E-state index in [4.69, 9.17) is 0 Å². The van der Waals surface area contributed by atoms with E-state index < -0.39 is 0 Å². The Hall–Kier alpha value is -3.32. The van der Waals surface area contributed by atoms with Gasteiger partial charge in [0.15, 0.2) is 0 Å². The zero-order valence-electron chi connectivity index (χ0n) is 15.3. The van der Waals surface area contributed by atoms with Crippen molar-refractivity contribution in [1.82, 2.24) is 4.98 Å². The lowest BCUT2D eigenvalue weighted by Crippen LogP contribution is -2.36. The quantitative estimate of drug-likeness (QED) is 0.724. The van der Waals surface area contributed by atoms with Crippen LogP contribution in [0.2, 0.25) is 0 Å². The second-order valence-electron chi connectivity index (χ2n) is 6.37. The molecule has 0 saturated heterocycles. The van der Waals surface area contributed by atoms with Gasteiger partial charge in [0.25, 0.3) is 5.91 Å². The summed E-state index contributed by atoms with van der Waals surface area (Å²) in [5.41, 5.74) is 3.59. The maximum atomic E-state index is 12.6. The van der Waals surface area contributed by atoms with Gasteiger partial charge >= 0.3 is 0 Å². The Morgan fingerprint density at radius 3 is 2.50 bits per heavy atom. The molecule has 3 aromatic rings. The van der Waals surface area contributed by atoms with Crippen LogP contribution in [-0.4, -0.2) is 22.5 Å². The molecular formula is C21H18N4O2S. The second-order valence-corrected chi connectivity index (χ2v) is 7.43. The monoisotopic (exact) mass is 390 g/mol. The average Bonchev–Trinajstić information content (AvgIpc) is 3.16. The van der Waals surface area contributed by atoms with E-state index in [1.807, 2.05) is 54.8 Å². The number of aromatic nitrogens is 1. The van der Waals surface area contributed by atoms with Crippen molar-refractivity contribution < 1.29 is 9.59 Å². The minimum absolute atomic E-state index is 0.120. The zero-order valence-corrected chi connectivity index (χ0v) is 16.1. The van der Waals surface area contributed by atoms with Crippen molar-refractivity contribution in [3.63, 3.8) is 0 Å². The fourth-order valence-electron chi connectivity index (χ4n) is 2.91. The lowest BCUT2D eigenvalue weighted by atomic mass is 10.1. The van der Waals surface area contributed by atoms with Gasteiger partial charge in [-0.05, 0) is 31.2 Å².